The molecular formula is C16H16N2O7S. The zero-order chi connectivity index (χ0) is 19.3. The third-order valence-corrected chi connectivity index (χ3v) is 5.00. The Kier molecular flexibility index (Phi) is 5.90. The fraction of sp³-hybridized carbons (Fsp3) is 0.188. The molecule has 0 fully saturated rings. The predicted octanol–water partition coefficient (Wildman–Crippen LogP) is 1.36. The third-order valence-electron chi connectivity index (χ3n) is 3.52. The highest BCUT2D eigenvalue weighted by molar-refractivity contribution is 7.89. The molecule has 0 saturated heterocycles. The van der Waals surface area contributed by atoms with Gasteiger partial charge in [-0.25, -0.2) is 8.42 Å². The molecule has 0 unspecified atom stereocenters. The van der Waals surface area contributed by atoms with E-state index in [0.717, 1.165) is 31.4 Å². The summed E-state index contributed by atoms with van der Waals surface area (Å²) >= 11 is 0. The largest absolute Gasteiger partial charge is 0.508 e. The molecule has 2 aromatic rings. The van der Waals surface area contributed by atoms with Gasteiger partial charge in [0.1, 0.15) is 11.8 Å². The number of sulfonamides is 1. The van der Waals surface area contributed by atoms with E-state index in [4.69, 9.17) is 0 Å². The maximum Gasteiger partial charge on any atom is 0.324 e. The standard InChI is InChI=1S/C16H16N2O7S/c1-25-16(20)15(10-11-2-6-13(19)7-3-11)17-26(23,24)14-8-4-12(5-9-14)18(21)22/h2-9,15,17,19H,10H2,1H3/t15-/m0/s1. The number of esters is 1. The highest BCUT2D eigenvalue weighted by atomic mass is 32.2. The topological polar surface area (TPSA) is 136 Å². The molecule has 1 atom stereocenters. The predicted molar refractivity (Wildman–Crippen MR) is 91.0 cm³/mol. The number of carbonyl (C=O) groups excluding carboxylic acids is 1. The minimum Gasteiger partial charge on any atom is -0.508 e. The molecule has 0 aliphatic rings. The zero-order valence-corrected chi connectivity index (χ0v) is 14.5. The van der Waals surface area contributed by atoms with Gasteiger partial charge in [-0.3, -0.25) is 14.9 Å². The van der Waals surface area contributed by atoms with Crippen LogP contribution in [0, 0.1) is 10.1 Å². The van der Waals surface area contributed by atoms with E-state index in [1.54, 1.807) is 12.1 Å². The molecule has 0 amide bonds. The van der Waals surface area contributed by atoms with E-state index >= 15 is 0 Å². The average Bonchev–Trinajstić information content (AvgIpc) is 2.62. The summed E-state index contributed by atoms with van der Waals surface area (Å²) < 4.78 is 31.8. The van der Waals surface area contributed by atoms with Gasteiger partial charge in [0.05, 0.1) is 16.9 Å². The van der Waals surface area contributed by atoms with Crippen molar-refractivity contribution in [2.75, 3.05) is 7.11 Å². The Balaban J connectivity index is 2.24. The molecule has 0 aromatic heterocycles. The van der Waals surface area contributed by atoms with Crippen LogP contribution in [-0.2, 0) is 26.0 Å². The highest BCUT2D eigenvalue weighted by Gasteiger charge is 2.27. The van der Waals surface area contributed by atoms with Gasteiger partial charge in [0.2, 0.25) is 10.0 Å². The van der Waals surface area contributed by atoms with Crippen molar-refractivity contribution in [3.63, 3.8) is 0 Å². The van der Waals surface area contributed by atoms with Crippen molar-refractivity contribution in [3.8, 4) is 5.75 Å². The van der Waals surface area contributed by atoms with Crippen LogP contribution in [0.25, 0.3) is 0 Å². The number of non-ortho nitro benzene ring substituents is 1. The maximum absolute atomic E-state index is 12.5. The molecule has 0 aliphatic carbocycles. The van der Waals surface area contributed by atoms with Crippen LogP contribution >= 0.6 is 0 Å². The summed E-state index contributed by atoms with van der Waals surface area (Å²) in [6.07, 6.45) is -0.000829. The van der Waals surface area contributed by atoms with Crippen LogP contribution in [-0.4, -0.2) is 37.6 Å². The fourth-order valence-electron chi connectivity index (χ4n) is 2.19. The van der Waals surface area contributed by atoms with Crippen molar-refractivity contribution in [2.24, 2.45) is 0 Å². The van der Waals surface area contributed by atoms with Crippen molar-refractivity contribution in [2.45, 2.75) is 17.4 Å². The number of benzene rings is 2. The SMILES string of the molecule is COC(=O)[C@H](Cc1ccc(O)cc1)NS(=O)(=O)c1ccc([N+](=O)[O-])cc1. The van der Waals surface area contributed by atoms with Gasteiger partial charge < -0.3 is 9.84 Å². The molecule has 26 heavy (non-hydrogen) atoms. The molecule has 0 aliphatic heterocycles. The van der Waals surface area contributed by atoms with Crippen LogP contribution in [0.15, 0.2) is 53.4 Å². The molecule has 9 nitrogen and oxygen atoms in total. The molecule has 0 spiro atoms. The lowest BCUT2D eigenvalue weighted by molar-refractivity contribution is -0.384. The molecule has 138 valence electrons. The van der Waals surface area contributed by atoms with Gasteiger partial charge in [-0.15, -0.1) is 0 Å². The lowest BCUT2D eigenvalue weighted by Crippen LogP contribution is -2.42. The number of methoxy groups -OCH3 is 1. The van der Waals surface area contributed by atoms with Crippen molar-refractivity contribution < 1.29 is 28.0 Å². The summed E-state index contributed by atoms with van der Waals surface area (Å²) in [5.41, 5.74) is 0.349. The number of phenols is 1. The minimum atomic E-state index is -4.11. The normalized spacial score (nSPS) is 12.3. The number of phenolic OH excluding ortho intramolecular Hbond substituents is 1. The van der Waals surface area contributed by atoms with E-state index in [2.05, 4.69) is 9.46 Å². The van der Waals surface area contributed by atoms with Gasteiger partial charge in [-0.05, 0) is 36.2 Å². The number of carbonyl (C=O) groups is 1. The van der Waals surface area contributed by atoms with Gasteiger partial charge >= 0.3 is 5.97 Å². The zero-order valence-electron chi connectivity index (χ0n) is 13.7. The Bertz CT molecular complexity index is 893. The van der Waals surface area contributed by atoms with Crippen LogP contribution in [0.1, 0.15) is 5.56 Å². The Morgan fingerprint density at radius 3 is 2.27 bits per heavy atom. The smallest absolute Gasteiger partial charge is 0.324 e. The Morgan fingerprint density at radius 2 is 1.77 bits per heavy atom. The monoisotopic (exact) mass is 380 g/mol. The van der Waals surface area contributed by atoms with Gasteiger partial charge in [0, 0.05) is 12.1 Å². The lowest BCUT2D eigenvalue weighted by atomic mass is 10.1. The molecule has 0 heterocycles. The van der Waals surface area contributed by atoms with Gasteiger partial charge in [-0.2, -0.15) is 4.72 Å². The first kappa shape index (κ1) is 19.3. The molecule has 2 aromatic carbocycles. The van der Waals surface area contributed by atoms with Gasteiger partial charge in [0.15, 0.2) is 0 Å². The number of aromatic hydroxyl groups is 1. The molecule has 0 saturated carbocycles. The second-order valence-electron chi connectivity index (χ2n) is 5.32. The first-order valence-corrected chi connectivity index (χ1v) is 8.84. The van der Waals surface area contributed by atoms with Crippen molar-refractivity contribution in [1.82, 2.24) is 4.72 Å². The maximum atomic E-state index is 12.5. The van der Waals surface area contributed by atoms with Gasteiger partial charge in [0.25, 0.3) is 5.69 Å². The van der Waals surface area contributed by atoms with Crippen LogP contribution in [0.2, 0.25) is 0 Å². The summed E-state index contributed by atoms with van der Waals surface area (Å²) in [6, 6.07) is 8.98. The fourth-order valence-corrected chi connectivity index (χ4v) is 3.37. The number of hydrogen-bond donors (Lipinski definition) is 2. The number of hydrogen-bond acceptors (Lipinski definition) is 7. The summed E-state index contributed by atoms with van der Waals surface area (Å²) in [6.45, 7) is 0. The van der Waals surface area contributed by atoms with Crippen LogP contribution in [0.3, 0.4) is 0 Å². The first-order chi connectivity index (χ1) is 12.2. The number of nitro groups is 1. The molecule has 2 N–H and O–H groups in total. The van der Waals surface area contributed by atoms with E-state index in [1.807, 2.05) is 0 Å². The highest BCUT2D eigenvalue weighted by Crippen LogP contribution is 2.17. The van der Waals surface area contributed by atoms with Crippen LogP contribution < -0.4 is 4.72 Å². The molecular weight excluding hydrogens is 364 g/mol. The van der Waals surface area contributed by atoms with Crippen LogP contribution in [0.4, 0.5) is 5.69 Å². The van der Waals surface area contributed by atoms with E-state index in [0.29, 0.717) is 5.56 Å². The van der Waals surface area contributed by atoms with E-state index in [1.165, 1.54) is 12.1 Å². The molecule has 10 heteroatoms. The summed E-state index contributed by atoms with van der Waals surface area (Å²) in [4.78, 5) is 21.7. The summed E-state index contributed by atoms with van der Waals surface area (Å²) in [5.74, 6) is -0.751. The molecule has 0 bridgehead atoms. The Morgan fingerprint density at radius 1 is 1.19 bits per heavy atom. The number of nitrogens with zero attached hydrogens (tertiary/aromatic N) is 1. The van der Waals surface area contributed by atoms with E-state index in [-0.39, 0.29) is 22.8 Å². The van der Waals surface area contributed by atoms with E-state index < -0.39 is 27.0 Å². The van der Waals surface area contributed by atoms with Crippen molar-refractivity contribution in [3.05, 3.63) is 64.2 Å². The molecule has 0 radical (unpaired) electrons. The Labute approximate surface area is 149 Å². The Hall–Kier alpha value is -2.98. The molecule has 2 rings (SSSR count). The summed E-state index contributed by atoms with van der Waals surface area (Å²) in [5, 5.41) is 19.9. The quantitative estimate of drug-likeness (QED) is 0.420. The average molecular weight is 380 g/mol. The van der Waals surface area contributed by atoms with Crippen LogP contribution in [0.5, 0.6) is 5.75 Å². The van der Waals surface area contributed by atoms with E-state index in [9.17, 15) is 28.4 Å². The minimum absolute atomic E-state index is 0.000829. The number of rotatable bonds is 7. The number of nitro benzene ring substituents is 1. The number of nitrogens with one attached hydrogen (secondary N) is 1. The second-order valence-corrected chi connectivity index (χ2v) is 7.03. The second kappa shape index (κ2) is 7.93. The first-order valence-electron chi connectivity index (χ1n) is 7.35. The number of ether oxygens (including phenoxy) is 1. The van der Waals surface area contributed by atoms with Gasteiger partial charge in [-0.1, -0.05) is 12.1 Å². The van der Waals surface area contributed by atoms with Crippen molar-refractivity contribution in [1.29, 1.82) is 0 Å². The summed E-state index contributed by atoms with van der Waals surface area (Å²) in [7, 11) is -2.98. The van der Waals surface area contributed by atoms with Crippen molar-refractivity contribution >= 4 is 21.7 Å². The lowest BCUT2D eigenvalue weighted by Gasteiger charge is -2.17. The third kappa shape index (κ3) is 4.77.